The minimum atomic E-state index is -6.09. The van der Waals surface area contributed by atoms with Crippen molar-refractivity contribution < 1.29 is 36.4 Å². The predicted octanol–water partition coefficient (Wildman–Crippen LogP) is 4.05. The maximum atomic E-state index is 10.7. The van der Waals surface area contributed by atoms with Crippen molar-refractivity contribution in [3.8, 4) is 11.5 Å². The second-order valence-electron chi connectivity index (χ2n) is 6.22. The minimum Gasteiger partial charge on any atom is -0.741 e. The van der Waals surface area contributed by atoms with Crippen molar-refractivity contribution in [3.63, 3.8) is 0 Å². The highest BCUT2D eigenvalue weighted by Crippen LogP contribution is 2.32. The van der Waals surface area contributed by atoms with Gasteiger partial charge < -0.3 is 14.8 Å². The molecule has 0 aromatic heterocycles. The first-order valence-corrected chi connectivity index (χ1v) is 10.9. The van der Waals surface area contributed by atoms with Gasteiger partial charge in [-0.15, -0.1) is 0 Å². The van der Waals surface area contributed by atoms with Crippen molar-refractivity contribution in [2.24, 2.45) is 0 Å². The highest BCUT2D eigenvalue weighted by Gasteiger charge is 2.36. The molecule has 10 heteroatoms. The molecule has 0 amide bonds. The highest BCUT2D eigenvalue weighted by molar-refractivity contribution is 7.96. The Balaban J connectivity index is 0.000000416. The van der Waals surface area contributed by atoms with Crippen molar-refractivity contribution in [1.29, 1.82) is 0 Å². The molecule has 0 spiro atoms. The predicted molar refractivity (Wildman–Crippen MR) is 101 cm³/mol. The van der Waals surface area contributed by atoms with Gasteiger partial charge in [0.1, 0.15) is 17.8 Å². The zero-order valence-corrected chi connectivity index (χ0v) is 17.5. The van der Waals surface area contributed by atoms with Crippen molar-refractivity contribution in [2.75, 3.05) is 6.26 Å². The van der Waals surface area contributed by atoms with Gasteiger partial charge in [-0.25, -0.2) is 8.42 Å². The molecule has 0 unspecified atom stereocenters. The molecule has 5 nitrogen and oxygen atoms in total. The number of aromatic hydroxyl groups is 2. The van der Waals surface area contributed by atoms with Crippen LogP contribution in [0, 0.1) is 27.7 Å². The largest absolute Gasteiger partial charge is 0.741 e. The summed E-state index contributed by atoms with van der Waals surface area (Å²) in [4.78, 5) is 2.42. The van der Waals surface area contributed by atoms with Gasteiger partial charge in [0.25, 0.3) is 0 Å². The van der Waals surface area contributed by atoms with E-state index < -0.39 is 15.6 Å². The van der Waals surface area contributed by atoms with Gasteiger partial charge in [0, 0.05) is 24.3 Å². The normalized spacial score (nSPS) is 11.9. The van der Waals surface area contributed by atoms with Crippen LogP contribution in [0.25, 0.3) is 0 Å². The van der Waals surface area contributed by atoms with E-state index in [1.165, 1.54) is 9.79 Å². The standard InChI is InChI=1S/C17H20O2S.CHF3O3S/c1-10-6-14(7-11(2)16(10)18)20(5)15-8-12(3)17(19)13(4)9-15;2-1(3,4)8(5,6)7/h6-9H,1-5H3,(H-,18,19);(H,5,6,7). The lowest BCUT2D eigenvalue weighted by molar-refractivity contribution is -0.0517. The lowest BCUT2D eigenvalue weighted by atomic mass is 10.1. The molecule has 0 saturated carbocycles. The summed E-state index contributed by atoms with van der Waals surface area (Å²) in [6, 6.07) is 8.18. The number of rotatable bonds is 2. The zero-order valence-electron chi connectivity index (χ0n) is 15.9. The maximum absolute atomic E-state index is 10.7. The number of alkyl halides is 3. The van der Waals surface area contributed by atoms with Gasteiger partial charge in [0.15, 0.2) is 19.9 Å². The molecular weight excluding hydrogens is 417 g/mol. The Kier molecular flexibility index (Phi) is 7.43. The molecule has 2 aromatic carbocycles. The van der Waals surface area contributed by atoms with Gasteiger partial charge >= 0.3 is 5.51 Å². The second-order valence-corrected chi connectivity index (χ2v) is 9.56. The molecule has 28 heavy (non-hydrogen) atoms. The zero-order chi connectivity index (χ0) is 22.0. The Morgan fingerprint density at radius 2 is 1.04 bits per heavy atom. The van der Waals surface area contributed by atoms with E-state index in [1.54, 1.807) is 0 Å². The quantitative estimate of drug-likeness (QED) is 0.419. The van der Waals surface area contributed by atoms with Gasteiger partial charge in [0.05, 0.1) is 10.9 Å². The summed E-state index contributed by atoms with van der Waals surface area (Å²) in [5.41, 5.74) is -2.01. The van der Waals surface area contributed by atoms with Gasteiger partial charge in [-0.3, -0.25) is 0 Å². The van der Waals surface area contributed by atoms with E-state index in [-0.39, 0.29) is 10.9 Å². The molecule has 0 aliphatic carbocycles. The monoisotopic (exact) mass is 438 g/mol. The molecule has 0 saturated heterocycles. The van der Waals surface area contributed by atoms with Crippen LogP contribution < -0.4 is 0 Å². The van der Waals surface area contributed by atoms with E-state index in [4.69, 9.17) is 13.0 Å². The third-order valence-corrected chi connectivity index (χ3v) is 6.37. The van der Waals surface area contributed by atoms with Crippen LogP contribution in [0.5, 0.6) is 11.5 Å². The van der Waals surface area contributed by atoms with Crippen LogP contribution in [0.2, 0.25) is 0 Å². The highest BCUT2D eigenvalue weighted by atomic mass is 32.2. The number of phenolic OH excluding ortho intramolecular Hbond substituents is 2. The molecule has 2 aromatic rings. The summed E-state index contributed by atoms with van der Waals surface area (Å²) in [6.07, 6.45) is 2.18. The Hall–Kier alpha value is -1.91. The lowest BCUT2D eigenvalue weighted by Gasteiger charge is -2.10. The van der Waals surface area contributed by atoms with Gasteiger partial charge in [-0.05, 0) is 49.9 Å². The van der Waals surface area contributed by atoms with Crippen LogP contribution >= 0.6 is 0 Å². The number of aryl methyl sites for hydroxylation is 4. The summed E-state index contributed by atoms with van der Waals surface area (Å²) < 4.78 is 58.9. The first kappa shape index (κ1) is 24.1. The summed E-state index contributed by atoms with van der Waals surface area (Å²) in [6.45, 7) is 7.71. The number of benzene rings is 2. The molecule has 0 heterocycles. The van der Waals surface area contributed by atoms with Gasteiger partial charge in [-0.2, -0.15) is 13.2 Å². The number of hydrogen-bond donors (Lipinski definition) is 2. The summed E-state index contributed by atoms with van der Waals surface area (Å²) in [7, 11) is -6.17. The Labute approximate surface area is 164 Å². The van der Waals surface area contributed by atoms with Gasteiger partial charge in [-0.1, -0.05) is 0 Å². The third-order valence-electron chi connectivity index (χ3n) is 3.92. The number of phenols is 2. The van der Waals surface area contributed by atoms with Crippen molar-refractivity contribution in [2.45, 2.75) is 43.0 Å². The minimum absolute atomic E-state index is 0.0767. The van der Waals surface area contributed by atoms with Crippen molar-refractivity contribution in [1.82, 2.24) is 0 Å². The summed E-state index contributed by atoms with van der Waals surface area (Å²) >= 11 is 0. The molecule has 2 rings (SSSR count). The van der Waals surface area contributed by atoms with E-state index in [0.29, 0.717) is 11.5 Å². The van der Waals surface area contributed by atoms with Crippen molar-refractivity contribution >= 4 is 21.0 Å². The lowest BCUT2D eigenvalue weighted by Crippen LogP contribution is -2.21. The number of hydrogen-bond acceptors (Lipinski definition) is 5. The SMILES string of the molecule is Cc1cc([S+](C)c2cc(C)c(O)c(C)c2)cc(C)c1O.O=S(=O)([O-])C(F)(F)F. The smallest absolute Gasteiger partial charge is 0.485 e. The van der Waals surface area contributed by atoms with E-state index in [1.807, 2.05) is 52.0 Å². The molecule has 0 aliphatic heterocycles. The van der Waals surface area contributed by atoms with Crippen LogP contribution in [0.3, 0.4) is 0 Å². The molecule has 0 fully saturated rings. The van der Waals surface area contributed by atoms with Crippen molar-refractivity contribution in [3.05, 3.63) is 46.5 Å². The molecular formula is C18H21F3O5S2. The molecule has 156 valence electrons. The van der Waals surface area contributed by atoms with Gasteiger partial charge in [0.2, 0.25) is 0 Å². The maximum Gasteiger partial charge on any atom is 0.485 e. The molecule has 2 N–H and O–H groups in total. The summed E-state index contributed by atoms with van der Waals surface area (Å²) in [5.74, 6) is 0.757. The van der Waals surface area contributed by atoms with E-state index in [9.17, 15) is 23.4 Å². The summed E-state index contributed by atoms with van der Waals surface area (Å²) in [5, 5.41) is 19.8. The molecule has 0 bridgehead atoms. The van der Waals surface area contributed by atoms with E-state index in [2.05, 4.69) is 6.26 Å². The average molecular weight is 438 g/mol. The number of halogens is 3. The van der Waals surface area contributed by atoms with Crippen LogP contribution in [0.4, 0.5) is 13.2 Å². The van der Waals surface area contributed by atoms with E-state index >= 15 is 0 Å². The molecule has 0 radical (unpaired) electrons. The molecule has 0 atom stereocenters. The topological polar surface area (TPSA) is 97.7 Å². The van der Waals surface area contributed by atoms with E-state index in [0.717, 1.165) is 22.3 Å². The Bertz CT molecular complexity index is 866. The Morgan fingerprint density at radius 3 is 1.21 bits per heavy atom. The fourth-order valence-electron chi connectivity index (χ4n) is 2.32. The second kappa shape index (κ2) is 8.62. The fourth-order valence-corrected chi connectivity index (χ4v) is 4.01. The van der Waals surface area contributed by atoms with Crippen LogP contribution in [-0.2, 0) is 21.0 Å². The fraction of sp³-hybridized carbons (Fsp3) is 0.333. The average Bonchev–Trinajstić information content (AvgIpc) is 2.54. The first-order chi connectivity index (χ1) is 12.6. The molecule has 0 aliphatic rings. The first-order valence-electron chi connectivity index (χ1n) is 7.84. The van der Waals surface area contributed by atoms with Crippen LogP contribution in [0.15, 0.2) is 34.1 Å². The third kappa shape index (κ3) is 5.79. The van der Waals surface area contributed by atoms with Crippen LogP contribution in [-0.4, -0.2) is 34.9 Å². The Morgan fingerprint density at radius 1 is 0.821 bits per heavy atom. The van der Waals surface area contributed by atoms with Crippen LogP contribution in [0.1, 0.15) is 22.3 Å².